The summed E-state index contributed by atoms with van der Waals surface area (Å²) in [5.41, 5.74) is 2.80. The molecule has 3 unspecified atom stereocenters. The van der Waals surface area contributed by atoms with Crippen LogP contribution in [0.3, 0.4) is 0 Å². The Bertz CT molecular complexity index is 529. The number of hydrogen-bond acceptors (Lipinski definition) is 1. The minimum atomic E-state index is -1.36. The quantitative estimate of drug-likeness (QED) is 0.311. The summed E-state index contributed by atoms with van der Waals surface area (Å²) in [5.74, 6) is 2.63. The van der Waals surface area contributed by atoms with Gasteiger partial charge in [-0.1, -0.05) is 62.6 Å². The zero-order valence-corrected chi connectivity index (χ0v) is 22.0. The predicted octanol–water partition coefficient (Wildman–Crippen LogP) is 7.18. The van der Waals surface area contributed by atoms with Crippen molar-refractivity contribution in [2.75, 3.05) is 26.2 Å². The van der Waals surface area contributed by atoms with Crippen molar-refractivity contribution in [2.45, 2.75) is 63.6 Å². The molecule has 4 rings (SSSR count). The normalized spacial score (nSPS) is 31.1. The zero-order chi connectivity index (χ0) is 19.3. The predicted molar refractivity (Wildman–Crippen MR) is 124 cm³/mol. The Morgan fingerprint density at radius 2 is 1.68 bits per heavy atom. The molecule has 3 fully saturated rings. The Kier molecular flexibility index (Phi) is 10.9. The summed E-state index contributed by atoms with van der Waals surface area (Å²) < 4.78 is 2.87. The first-order chi connectivity index (χ1) is 13.1. The molecular formula is C22H38Cl2N2SiTi-2. The minimum absolute atomic E-state index is 0. The van der Waals surface area contributed by atoms with Crippen LogP contribution in [0.1, 0.15) is 44.9 Å². The Balaban J connectivity index is 0.000000660. The van der Waals surface area contributed by atoms with Crippen LogP contribution >= 0.6 is 18.6 Å². The van der Waals surface area contributed by atoms with Crippen LogP contribution in [0.2, 0.25) is 18.6 Å². The maximum atomic E-state index is 4.89. The Morgan fingerprint density at radius 1 is 1.04 bits per heavy atom. The summed E-state index contributed by atoms with van der Waals surface area (Å²) in [6.07, 6.45) is 17.8. The van der Waals surface area contributed by atoms with Gasteiger partial charge in [0.15, 0.2) is 0 Å². The SMILES string of the molecule is C[Si](C)(C1CCC2C(C3CCCCC3)=CC=CC21)N1CC[N-]CC1.[CH3-].[Cl][Ti][Cl]. The molecule has 28 heavy (non-hydrogen) atoms. The molecule has 0 aromatic rings. The van der Waals surface area contributed by atoms with Crippen LogP contribution in [-0.4, -0.2) is 39.0 Å². The number of fused-ring (bicyclic) bond motifs is 1. The molecule has 0 bridgehead atoms. The fraction of sp³-hybridized carbons (Fsp3) is 0.773. The molecule has 2 nitrogen and oxygen atoms in total. The molecule has 3 atom stereocenters. The average Bonchev–Trinajstić information content (AvgIpc) is 3.15. The molecule has 4 aliphatic rings. The van der Waals surface area contributed by atoms with Crippen LogP contribution in [0, 0.1) is 25.2 Å². The number of piperazine rings is 1. The van der Waals surface area contributed by atoms with Gasteiger partial charge in [0.05, 0.1) is 0 Å². The van der Waals surface area contributed by atoms with Crippen molar-refractivity contribution >= 4 is 26.8 Å². The van der Waals surface area contributed by atoms with Crippen LogP contribution in [0.25, 0.3) is 5.32 Å². The van der Waals surface area contributed by atoms with Crippen molar-refractivity contribution in [3.8, 4) is 0 Å². The first-order valence-electron chi connectivity index (χ1n) is 10.8. The monoisotopic (exact) mass is 476 g/mol. The van der Waals surface area contributed by atoms with E-state index in [9.17, 15) is 0 Å². The van der Waals surface area contributed by atoms with Gasteiger partial charge >= 0.3 is 35.6 Å². The first-order valence-corrected chi connectivity index (χ1v) is 18.1. The van der Waals surface area contributed by atoms with Crippen LogP contribution in [0.4, 0.5) is 0 Å². The Morgan fingerprint density at radius 3 is 2.32 bits per heavy atom. The fourth-order valence-corrected chi connectivity index (χ4v) is 10.2. The van der Waals surface area contributed by atoms with E-state index in [-0.39, 0.29) is 7.43 Å². The summed E-state index contributed by atoms with van der Waals surface area (Å²) in [7, 11) is 8.42. The van der Waals surface area contributed by atoms with Gasteiger partial charge in [0.2, 0.25) is 0 Å². The molecule has 0 aromatic heterocycles. The molecule has 0 amide bonds. The molecule has 0 N–H and O–H groups in total. The van der Waals surface area contributed by atoms with Gasteiger partial charge in [-0.25, -0.2) is 0 Å². The second-order valence-electron chi connectivity index (χ2n) is 9.14. The second-order valence-corrected chi connectivity index (χ2v) is 16.4. The summed E-state index contributed by atoms with van der Waals surface area (Å²) >= 11 is -0.556. The van der Waals surface area contributed by atoms with Crippen molar-refractivity contribution < 1.29 is 17.0 Å². The van der Waals surface area contributed by atoms with E-state index in [2.05, 4.69) is 41.2 Å². The third-order valence-corrected chi connectivity index (χ3v) is 12.2. The van der Waals surface area contributed by atoms with Crippen molar-refractivity contribution in [1.82, 2.24) is 4.57 Å². The third-order valence-electron chi connectivity index (χ3n) is 7.62. The summed E-state index contributed by atoms with van der Waals surface area (Å²) in [4.78, 5) is 0. The topological polar surface area (TPSA) is 17.3 Å². The van der Waals surface area contributed by atoms with E-state index >= 15 is 0 Å². The molecular weight excluding hydrogens is 439 g/mol. The third kappa shape index (κ3) is 5.78. The maximum absolute atomic E-state index is 4.89. The number of allylic oxidation sites excluding steroid dienone is 4. The second kappa shape index (κ2) is 12.1. The van der Waals surface area contributed by atoms with E-state index in [1.54, 1.807) is 0 Å². The van der Waals surface area contributed by atoms with E-state index in [1.165, 1.54) is 58.0 Å². The van der Waals surface area contributed by atoms with Gasteiger partial charge < -0.3 is 17.3 Å². The zero-order valence-electron chi connectivity index (χ0n) is 18.0. The molecule has 0 radical (unpaired) electrons. The molecule has 1 saturated heterocycles. The van der Waals surface area contributed by atoms with Gasteiger partial charge in [0.25, 0.3) is 0 Å². The van der Waals surface area contributed by atoms with E-state index in [1.807, 2.05) is 5.57 Å². The van der Waals surface area contributed by atoms with Gasteiger partial charge in [0.1, 0.15) is 8.24 Å². The molecule has 160 valence electrons. The summed E-state index contributed by atoms with van der Waals surface area (Å²) in [6, 6.07) is 0. The molecule has 6 heteroatoms. The fourth-order valence-electron chi connectivity index (χ4n) is 6.22. The summed E-state index contributed by atoms with van der Waals surface area (Å²) in [6.45, 7) is 9.89. The standard InChI is InChI=1S/C21H35N2Si.CH3.2ClH.Ti/c1-24(2,23-15-13-22-14-16-23)21-12-11-19-18(9-6-10-20(19)21)17-7-4-3-5-8-17;;;;/h6,9-10,17,19-21H,3-5,7-8,11-16H2,1-2H3;1H3;2*1H;/q2*-1;;;+2/p-2. The van der Waals surface area contributed by atoms with Gasteiger partial charge in [0, 0.05) is 0 Å². The molecule has 0 aromatic carbocycles. The average molecular weight is 477 g/mol. The number of hydrogen-bond donors (Lipinski definition) is 0. The number of halogens is 2. The summed E-state index contributed by atoms with van der Waals surface area (Å²) in [5, 5.41) is 4.58. The van der Waals surface area contributed by atoms with E-state index in [0.717, 1.165) is 36.4 Å². The molecule has 2 saturated carbocycles. The van der Waals surface area contributed by atoms with Gasteiger partial charge in [-0.2, -0.15) is 0 Å². The Labute approximate surface area is 191 Å². The van der Waals surface area contributed by atoms with Crippen molar-refractivity contribution in [1.29, 1.82) is 0 Å². The van der Waals surface area contributed by atoms with Crippen molar-refractivity contribution in [2.24, 2.45) is 17.8 Å². The van der Waals surface area contributed by atoms with Crippen LogP contribution < -0.4 is 0 Å². The van der Waals surface area contributed by atoms with Crippen molar-refractivity contribution in [3.05, 3.63) is 36.5 Å². The van der Waals surface area contributed by atoms with Crippen molar-refractivity contribution in [3.63, 3.8) is 0 Å². The molecule has 0 spiro atoms. The molecule has 3 aliphatic carbocycles. The van der Waals surface area contributed by atoms with Crippen LogP contribution in [0.15, 0.2) is 23.8 Å². The van der Waals surface area contributed by atoms with Gasteiger partial charge in [-0.3, -0.25) is 0 Å². The van der Waals surface area contributed by atoms with Crippen LogP contribution in [-0.2, 0) is 17.0 Å². The first kappa shape index (κ1) is 25.2. The number of rotatable bonds is 3. The molecule has 1 heterocycles. The van der Waals surface area contributed by atoms with Gasteiger partial charge in [-0.05, 0) is 55.6 Å². The van der Waals surface area contributed by atoms with Crippen LogP contribution in [0.5, 0.6) is 0 Å². The van der Waals surface area contributed by atoms with E-state index in [0.29, 0.717) is 0 Å². The molecule has 1 aliphatic heterocycles. The number of nitrogens with zero attached hydrogens (tertiary/aromatic N) is 2. The van der Waals surface area contributed by atoms with Gasteiger partial charge in [-0.15, -0.1) is 13.1 Å². The Hall–Kier alpha value is 0.911. The van der Waals surface area contributed by atoms with E-state index in [4.69, 9.17) is 18.6 Å². The van der Waals surface area contributed by atoms with E-state index < -0.39 is 25.3 Å².